The Morgan fingerprint density at radius 1 is 1.33 bits per heavy atom. The maximum absolute atomic E-state index is 12.3. The van der Waals surface area contributed by atoms with E-state index in [0.29, 0.717) is 12.5 Å². The molecule has 2 N–H and O–H groups in total. The average Bonchev–Trinajstić information content (AvgIpc) is 3.19. The van der Waals surface area contributed by atoms with Gasteiger partial charge in [-0.3, -0.25) is 15.3 Å². The van der Waals surface area contributed by atoms with Crippen LogP contribution in [0.1, 0.15) is 49.9 Å². The molecule has 2 aromatic rings. The molecular weight excluding hydrogens is 304 g/mol. The molecule has 3 rings (SSSR count). The van der Waals surface area contributed by atoms with Gasteiger partial charge < -0.3 is 5.32 Å². The van der Waals surface area contributed by atoms with Gasteiger partial charge in [0.2, 0.25) is 0 Å². The van der Waals surface area contributed by atoms with E-state index in [1.807, 2.05) is 24.7 Å². The molecule has 24 heavy (non-hydrogen) atoms. The van der Waals surface area contributed by atoms with E-state index < -0.39 is 0 Å². The van der Waals surface area contributed by atoms with E-state index in [0.717, 1.165) is 29.9 Å². The highest BCUT2D eigenvalue weighted by atomic mass is 16.2. The number of carbonyl (C=O) groups is 1. The van der Waals surface area contributed by atoms with Crippen LogP contribution in [0.15, 0.2) is 24.8 Å². The number of aryl methyl sites for hydroxylation is 1. The summed E-state index contributed by atoms with van der Waals surface area (Å²) in [5, 5.41) is 10.4. The van der Waals surface area contributed by atoms with Crippen LogP contribution < -0.4 is 10.6 Å². The Morgan fingerprint density at radius 3 is 2.83 bits per heavy atom. The predicted molar refractivity (Wildman–Crippen MR) is 91.8 cm³/mol. The molecule has 2 aromatic heterocycles. The monoisotopic (exact) mass is 328 g/mol. The Balaban J connectivity index is 1.59. The van der Waals surface area contributed by atoms with Crippen molar-refractivity contribution in [3.63, 3.8) is 0 Å². The lowest BCUT2D eigenvalue weighted by atomic mass is 10.2. The topological polar surface area (TPSA) is 84.7 Å². The largest absolute Gasteiger partial charge is 0.335 e. The van der Waals surface area contributed by atoms with Crippen molar-refractivity contribution in [1.29, 1.82) is 0 Å². The molecule has 2 amide bonds. The first kappa shape index (κ1) is 16.4. The molecule has 1 aliphatic carbocycles. The fraction of sp³-hybridized carbons (Fsp3) is 0.529. The minimum Gasteiger partial charge on any atom is -0.335 e. The summed E-state index contributed by atoms with van der Waals surface area (Å²) in [6.07, 6.45) is 12.2. The van der Waals surface area contributed by atoms with E-state index in [1.54, 1.807) is 18.6 Å². The molecule has 7 heteroatoms. The van der Waals surface area contributed by atoms with Crippen LogP contribution in [0, 0.1) is 6.92 Å². The number of aromatic nitrogens is 4. The summed E-state index contributed by atoms with van der Waals surface area (Å²) in [5.74, 6) is 0.797. The molecule has 1 saturated carbocycles. The lowest BCUT2D eigenvalue weighted by Crippen LogP contribution is -2.38. The second-order valence-electron chi connectivity index (χ2n) is 6.46. The van der Waals surface area contributed by atoms with Crippen LogP contribution in [0.25, 0.3) is 0 Å². The Bertz CT molecular complexity index is 678. The number of carbonyl (C=O) groups excluding carboxylic acids is 1. The molecule has 7 nitrogen and oxygen atoms in total. The van der Waals surface area contributed by atoms with Crippen molar-refractivity contribution in [2.24, 2.45) is 0 Å². The quantitative estimate of drug-likeness (QED) is 0.884. The van der Waals surface area contributed by atoms with E-state index >= 15 is 0 Å². The molecule has 0 radical (unpaired) electrons. The zero-order valence-corrected chi connectivity index (χ0v) is 14.2. The molecule has 2 heterocycles. The summed E-state index contributed by atoms with van der Waals surface area (Å²) in [5.41, 5.74) is 1.84. The first-order chi connectivity index (χ1) is 11.6. The Kier molecular flexibility index (Phi) is 5.08. The summed E-state index contributed by atoms with van der Waals surface area (Å²) in [6.45, 7) is 3.92. The van der Waals surface area contributed by atoms with Crippen LogP contribution >= 0.6 is 0 Å². The standard InChI is InChI=1S/C17H24N6O/c1-12-10-20-23(15-5-3-4-6-15)16(12)22-17(24)21-13(2)9-14-11-18-7-8-19-14/h7-8,10-11,13,15H,3-6,9H2,1-2H3,(H2,21,22,24). The zero-order chi connectivity index (χ0) is 16.9. The third-order valence-corrected chi connectivity index (χ3v) is 4.39. The third-order valence-electron chi connectivity index (χ3n) is 4.39. The molecule has 0 spiro atoms. The Hall–Kier alpha value is -2.44. The van der Waals surface area contributed by atoms with Crippen LogP contribution in [-0.2, 0) is 6.42 Å². The molecule has 1 unspecified atom stereocenters. The van der Waals surface area contributed by atoms with Crippen molar-refractivity contribution >= 4 is 11.8 Å². The highest BCUT2D eigenvalue weighted by Gasteiger charge is 2.22. The zero-order valence-electron chi connectivity index (χ0n) is 14.2. The Labute approximate surface area is 141 Å². The first-order valence-electron chi connectivity index (χ1n) is 8.50. The SMILES string of the molecule is Cc1cnn(C2CCCC2)c1NC(=O)NC(C)Cc1cnccn1. The lowest BCUT2D eigenvalue weighted by molar-refractivity contribution is 0.248. The summed E-state index contributed by atoms with van der Waals surface area (Å²) in [4.78, 5) is 20.6. The number of hydrogen-bond donors (Lipinski definition) is 2. The number of amides is 2. The molecule has 1 atom stereocenters. The van der Waals surface area contributed by atoms with Gasteiger partial charge in [-0.2, -0.15) is 5.10 Å². The second-order valence-corrected chi connectivity index (χ2v) is 6.46. The van der Waals surface area contributed by atoms with E-state index in [2.05, 4.69) is 25.7 Å². The fourth-order valence-electron chi connectivity index (χ4n) is 3.20. The van der Waals surface area contributed by atoms with Gasteiger partial charge in [0.25, 0.3) is 0 Å². The molecule has 0 aromatic carbocycles. The average molecular weight is 328 g/mol. The highest BCUT2D eigenvalue weighted by molar-refractivity contribution is 5.89. The number of rotatable bonds is 5. The van der Waals surface area contributed by atoms with Gasteiger partial charge in [-0.05, 0) is 26.7 Å². The normalized spacial score (nSPS) is 16.1. The van der Waals surface area contributed by atoms with E-state index in [-0.39, 0.29) is 12.1 Å². The van der Waals surface area contributed by atoms with Crippen molar-refractivity contribution < 1.29 is 4.79 Å². The van der Waals surface area contributed by atoms with Gasteiger partial charge in [0.05, 0.1) is 17.9 Å². The first-order valence-corrected chi connectivity index (χ1v) is 8.50. The van der Waals surface area contributed by atoms with Crippen LogP contribution in [0.2, 0.25) is 0 Å². The van der Waals surface area contributed by atoms with Crippen molar-refractivity contribution in [2.75, 3.05) is 5.32 Å². The smallest absolute Gasteiger partial charge is 0.320 e. The minimum atomic E-state index is -0.214. The number of anilines is 1. The summed E-state index contributed by atoms with van der Waals surface area (Å²) in [6, 6.07) is 0.144. The van der Waals surface area contributed by atoms with E-state index in [9.17, 15) is 4.79 Å². The van der Waals surface area contributed by atoms with Gasteiger partial charge in [-0.1, -0.05) is 12.8 Å². The molecule has 0 aliphatic heterocycles. The van der Waals surface area contributed by atoms with Crippen LogP contribution in [-0.4, -0.2) is 31.8 Å². The molecule has 128 valence electrons. The second kappa shape index (κ2) is 7.42. The molecule has 1 aliphatic rings. The molecular formula is C17H24N6O. The van der Waals surface area contributed by atoms with Crippen LogP contribution in [0.4, 0.5) is 10.6 Å². The van der Waals surface area contributed by atoms with Crippen LogP contribution in [0.3, 0.4) is 0 Å². The Morgan fingerprint density at radius 2 is 2.12 bits per heavy atom. The van der Waals surface area contributed by atoms with Gasteiger partial charge in [0, 0.05) is 36.6 Å². The molecule has 0 saturated heterocycles. The highest BCUT2D eigenvalue weighted by Crippen LogP contribution is 2.32. The maximum Gasteiger partial charge on any atom is 0.320 e. The summed E-state index contributed by atoms with van der Waals surface area (Å²) in [7, 11) is 0. The van der Waals surface area contributed by atoms with Gasteiger partial charge >= 0.3 is 6.03 Å². The fourth-order valence-corrected chi connectivity index (χ4v) is 3.20. The minimum absolute atomic E-state index is 0.0372. The summed E-state index contributed by atoms with van der Waals surface area (Å²) < 4.78 is 1.97. The molecule has 1 fully saturated rings. The predicted octanol–water partition coefficient (Wildman–Crippen LogP) is 2.85. The number of nitrogens with zero attached hydrogens (tertiary/aromatic N) is 4. The van der Waals surface area contributed by atoms with Crippen molar-refractivity contribution in [2.45, 2.75) is 58.0 Å². The van der Waals surface area contributed by atoms with Gasteiger partial charge in [-0.25, -0.2) is 9.48 Å². The number of urea groups is 1. The van der Waals surface area contributed by atoms with Crippen molar-refractivity contribution in [1.82, 2.24) is 25.1 Å². The maximum atomic E-state index is 12.3. The lowest BCUT2D eigenvalue weighted by Gasteiger charge is -2.18. The van der Waals surface area contributed by atoms with Crippen LogP contribution in [0.5, 0.6) is 0 Å². The van der Waals surface area contributed by atoms with E-state index in [4.69, 9.17) is 0 Å². The summed E-state index contributed by atoms with van der Waals surface area (Å²) >= 11 is 0. The van der Waals surface area contributed by atoms with Gasteiger partial charge in [0.1, 0.15) is 5.82 Å². The van der Waals surface area contributed by atoms with E-state index in [1.165, 1.54) is 12.8 Å². The third kappa shape index (κ3) is 3.90. The van der Waals surface area contributed by atoms with Crippen molar-refractivity contribution in [3.8, 4) is 0 Å². The number of nitrogens with one attached hydrogen (secondary N) is 2. The molecule has 0 bridgehead atoms. The van der Waals surface area contributed by atoms with Gasteiger partial charge in [-0.15, -0.1) is 0 Å². The van der Waals surface area contributed by atoms with Gasteiger partial charge in [0.15, 0.2) is 0 Å². The number of hydrogen-bond acceptors (Lipinski definition) is 4. The van der Waals surface area contributed by atoms with Crippen molar-refractivity contribution in [3.05, 3.63) is 36.0 Å².